The molecule has 32 heavy (non-hydrogen) atoms. The van der Waals surface area contributed by atoms with Crippen molar-refractivity contribution >= 4 is 47.0 Å². The minimum atomic E-state index is -1.23. The average molecular weight is 437 g/mol. The van der Waals surface area contributed by atoms with Gasteiger partial charge < -0.3 is 21.1 Å². The Bertz CT molecular complexity index is 1330. The van der Waals surface area contributed by atoms with Crippen LogP contribution in [-0.2, 0) is 4.79 Å². The van der Waals surface area contributed by atoms with Crippen molar-refractivity contribution in [3.8, 4) is 0 Å². The summed E-state index contributed by atoms with van der Waals surface area (Å²) >= 11 is 0. The first-order valence-electron chi connectivity index (χ1n) is 9.66. The fourth-order valence-corrected chi connectivity index (χ4v) is 3.21. The molecule has 0 atom stereocenters. The number of nitrogens with zero attached hydrogens (tertiary/aromatic N) is 3. The van der Waals surface area contributed by atoms with Gasteiger partial charge >= 0.3 is 12.0 Å². The molecule has 162 valence electrons. The molecule has 3 heterocycles. The van der Waals surface area contributed by atoms with Crippen LogP contribution in [0.4, 0.5) is 26.5 Å². The second kappa shape index (κ2) is 7.34. The van der Waals surface area contributed by atoms with Gasteiger partial charge in [0.1, 0.15) is 23.1 Å². The number of benzene rings is 1. The molecule has 1 aliphatic carbocycles. The number of rotatable bonds is 6. The second-order valence-corrected chi connectivity index (χ2v) is 7.37. The summed E-state index contributed by atoms with van der Waals surface area (Å²) in [4.78, 5) is 38.8. The Hall–Kier alpha value is -4.48. The largest absolute Gasteiger partial charge is 0.478 e. The van der Waals surface area contributed by atoms with E-state index in [2.05, 4.69) is 31.3 Å². The van der Waals surface area contributed by atoms with Crippen molar-refractivity contribution in [3.05, 3.63) is 53.1 Å². The number of carbonyl (C=O) groups is 3. The molecule has 5 N–H and O–H groups in total. The minimum absolute atomic E-state index is 0.0473. The van der Waals surface area contributed by atoms with Crippen molar-refractivity contribution in [1.82, 2.24) is 25.2 Å². The fraction of sp³-hybridized carbons (Fsp3) is 0.150. The van der Waals surface area contributed by atoms with Crippen LogP contribution in [0.1, 0.15) is 28.8 Å². The lowest BCUT2D eigenvalue weighted by Gasteiger charge is -2.12. The van der Waals surface area contributed by atoms with Crippen LogP contribution >= 0.6 is 0 Å². The molecule has 5 rings (SSSR count). The predicted molar refractivity (Wildman–Crippen MR) is 111 cm³/mol. The highest BCUT2D eigenvalue weighted by atomic mass is 19.1. The van der Waals surface area contributed by atoms with Gasteiger partial charge in [-0.2, -0.15) is 9.61 Å². The van der Waals surface area contributed by atoms with E-state index in [0.717, 1.165) is 18.9 Å². The molecule has 2 fully saturated rings. The molecular weight excluding hydrogens is 421 g/mol. The third-order valence-electron chi connectivity index (χ3n) is 4.93. The van der Waals surface area contributed by atoms with Crippen LogP contribution in [0.5, 0.6) is 0 Å². The first-order valence-corrected chi connectivity index (χ1v) is 9.66. The minimum Gasteiger partial charge on any atom is -0.478 e. The van der Waals surface area contributed by atoms with Crippen molar-refractivity contribution in [1.29, 1.82) is 0 Å². The summed E-state index contributed by atoms with van der Waals surface area (Å²) in [5, 5.41) is 24.1. The van der Waals surface area contributed by atoms with E-state index in [1.165, 1.54) is 24.4 Å². The first-order chi connectivity index (χ1) is 15.4. The van der Waals surface area contributed by atoms with Gasteiger partial charge in [0.25, 0.3) is 5.91 Å². The van der Waals surface area contributed by atoms with Crippen LogP contribution in [0.2, 0.25) is 0 Å². The smallest absolute Gasteiger partial charge is 0.335 e. The van der Waals surface area contributed by atoms with E-state index in [4.69, 9.17) is 5.11 Å². The summed E-state index contributed by atoms with van der Waals surface area (Å²) in [6.45, 7) is 0. The number of hydrogen-bond donors (Lipinski definition) is 5. The van der Waals surface area contributed by atoms with Gasteiger partial charge in [0.15, 0.2) is 5.65 Å². The third kappa shape index (κ3) is 3.69. The van der Waals surface area contributed by atoms with E-state index in [0.29, 0.717) is 17.0 Å². The number of urea groups is 1. The van der Waals surface area contributed by atoms with Gasteiger partial charge in [0, 0.05) is 17.7 Å². The standard InChI is InChI=1S/C20H16FN7O4/c21-12-5-9(19(30)31)1-4-13(12)24-15-7-16(23-11-2-3-11)28-17(26-15)10(8-22-28)6-14-18(29)27-20(32)25-14/h1,4-8,11,23H,2-3H2,(H,24,26)(H,30,31)(H2,25,27,29,32)/b14-6-. The zero-order valence-corrected chi connectivity index (χ0v) is 16.3. The molecule has 0 radical (unpaired) electrons. The van der Waals surface area contributed by atoms with Crippen LogP contribution in [0.15, 0.2) is 36.2 Å². The van der Waals surface area contributed by atoms with Crippen LogP contribution in [0.3, 0.4) is 0 Å². The highest BCUT2D eigenvalue weighted by Crippen LogP contribution is 2.29. The maximum atomic E-state index is 14.4. The van der Waals surface area contributed by atoms with E-state index in [-0.39, 0.29) is 28.8 Å². The summed E-state index contributed by atoms with van der Waals surface area (Å²) in [6, 6.07) is 4.84. The Labute approximate surface area is 179 Å². The molecule has 1 saturated heterocycles. The number of imide groups is 1. The summed E-state index contributed by atoms with van der Waals surface area (Å²) < 4.78 is 16.0. The molecule has 1 aliphatic heterocycles. The van der Waals surface area contributed by atoms with Gasteiger partial charge in [0.05, 0.1) is 17.4 Å². The number of amides is 3. The predicted octanol–water partition coefficient (Wildman–Crippen LogP) is 2.06. The Morgan fingerprint density at radius 1 is 1.25 bits per heavy atom. The number of aromatic carboxylic acids is 1. The lowest BCUT2D eigenvalue weighted by molar-refractivity contribution is -0.115. The molecule has 3 amide bonds. The van der Waals surface area contributed by atoms with Gasteiger partial charge in [-0.25, -0.2) is 19.0 Å². The highest BCUT2D eigenvalue weighted by molar-refractivity contribution is 6.14. The molecule has 1 aromatic carbocycles. The van der Waals surface area contributed by atoms with E-state index < -0.39 is 23.7 Å². The molecule has 0 bridgehead atoms. The summed E-state index contributed by atoms with van der Waals surface area (Å²) in [6.07, 6.45) is 4.95. The zero-order chi connectivity index (χ0) is 22.4. The van der Waals surface area contributed by atoms with Crippen molar-refractivity contribution in [2.24, 2.45) is 0 Å². The number of carboxylic acids is 1. The molecule has 2 aliphatic rings. The average Bonchev–Trinajstić information content (AvgIpc) is 3.38. The topological polar surface area (TPSA) is 150 Å². The molecule has 0 spiro atoms. The SMILES string of the molecule is O=C1NC(=O)/C(=C/c2cnn3c(NC4CC4)cc(Nc4ccc(C(=O)O)cc4F)nc23)N1. The van der Waals surface area contributed by atoms with E-state index in [1.807, 2.05) is 0 Å². The Morgan fingerprint density at radius 3 is 2.72 bits per heavy atom. The normalized spacial score (nSPS) is 16.8. The molecular formula is C20H16FN7O4. The number of carbonyl (C=O) groups excluding carboxylic acids is 2. The zero-order valence-electron chi connectivity index (χ0n) is 16.3. The lowest BCUT2D eigenvalue weighted by Crippen LogP contribution is -2.22. The Morgan fingerprint density at radius 2 is 2.06 bits per heavy atom. The number of hydrogen-bond acceptors (Lipinski definition) is 7. The molecule has 2 aromatic heterocycles. The lowest BCUT2D eigenvalue weighted by atomic mass is 10.2. The van der Waals surface area contributed by atoms with Crippen molar-refractivity contribution < 1.29 is 23.9 Å². The van der Waals surface area contributed by atoms with E-state index in [9.17, 15) is 18.8 Å². The van der Waals surface area contributed by atoms with Crippen LogP contribution in [0.25, 0.3) is 11.7 Å². The van der Waals surface area contributed by atoms with Crippen LogP contribution < -0.4 is 21.3 Å². The molecule has 11 nitrogen and oxygen atoms in total. The van der Waals surface area contributed by atoms with Crippen molar-refractivity contribution in [3.63, 3.8) is 0 Å². The van der Waals surface area contributed by atoms with E-state index >= 15 is 0 Å². The third-order valence-corrected chi connectivity index (χ3v) is 4.93. The summed E-state index contributed by atoms with van der Waals surface area (Å²) in [5.41, 5.74) is 0.751. The monoisotopic (exact) mass is 437 g/mol. The molecule has 0 unspecified atom stereocenters. The number of carboxylic acid groups (broad SMARTS) is 1. The maximum absolute atomic E-state index is 14.4. The number of fused-ring (bicyclic) bond motifs is 1. The number of anilines is 3. The number of nitrogens with one attached hydrogen (secondary N) is 4. The van der Waals surface area contributed by atoms with Crippen LogP contribution in [-0.4, -0.2) is 43.7 Å². The maximum Gasteiger partial charge on any atom is 0.335 e. The van der Waals surface area contributed by atoms with Crippen molar-refractivity contribution in [2.45, 2.75) is 18.9 Å². The van der Waals surface area contributed by atoms with Crippen LogP contribution in [0, 0.1) is 5.82 Å². The van der Waals surface area contributed by atoms with Gasteiger partial charge in [-0.05, 0) is 37.1 Å². The van der Waals surface area contributed by atoms with Gasteiger partial charge in [-0.3, -0.25) is 10.1 Å². The summed E-state index contributed by atoms with van der Waals surface area (Å²) in [5.74, 6) is -1.66. The van der Waals surface area contributed by atoms with E-state index in [1.54, 1.807) is 10.6 Å². The Balaban J connectivity index is 1.55. The summed E-state index contributed by atoms with van der Waals surface area (Å²) in [7, 11) is 0. The quantitative estimate of drug-likeness (QED) is 0.291. The fourth-order valence-electron chi connectivity index (χ4n) is 3.21. The highest BCUT2D eigenvalue weighted by Gasteiger charge is 2.25. The van der Waals surface area contributed by atoms with Gasteiger partial charge in [0.2, 0.25) is 0 Å². The molecule has 1 saturated carbocycles. The van der Waals surface area contributed by atoms with Crippen molar-refractivity contribution in [2.75, 3.05) is 10.6 Å². The number of halogens is 1. The molecule has 3 aromatic rings. The molecule has 12 heteroatoms. The van der Waals surface area contributed by atoms with Gasteiger partial charge in [-0.1, -0.05) is 0 Å². The van der Waals surface area contributed by atoms with Gasteiger partial charge in [-0.15, -0.1) is 0 Å². The first kappa shape index (κ1) is 19.5. The Kier molecular flexibility index (Phi) is 4.47. The number of aromatic nitrogens is 3. The second-order valence-electron chi connectivity index (χ2n) is 7.37.